The van der Waals surface area contributed by atoms with E-state index in [0.717, 1.165) is 0 Å². The van der Waals surface area contributed by atoms with E-state index in [1.54, 1.807) is 6.26 Å². The summed E-state index contributed by atoms with van der Waals surface area (Å²) >= 11 is 13.0. The van der Waals surface area contributed by atoms with E-state index in [1.807, 2.05) is 0 Å². The predicted molar refractivity (Wildman–Crippen MR) is 68.8 cm³/mol. The number of aliphatic hydroxyl groups is 2. The number of hydrogen-bond donors (Lipinski definition) is 2. The molecule has 1 aromatic rings. The summed E-state index contributed by atoms with van der Waals surface area (Å²) in [7, 11) is 0. The minimum atomic E-state index is -1.42. The molecule has 2 N–H and O–H groups in total. The third-order valence-electron chi connectivity index (χ3n) is 2.01. The number of azide groups is 1. The van der Waals surface area contributed by atoms with Crippen LogP contribution >= 0.6 is 35.0 Å². The first kappa shape index (κ1) is 15.3. The zero-order valence-corrected chi connectivity index (χ0v) is 11.5. The van der Waals surface area contributed by atoms with Gasteiger partial charge in [0.15, 0.2) is 5.16 Å². The van der Waals surface area contributed by atoms with Gasteiger partial charge in [0.1, 0.15) is 16.4 Å². The van der Waals surface area contributed by atoms with Crippen LogP contribution in [0.25, 0.3) is 10.4 Å². The lowest BCUT2D eigenvalue weighted by molar-refractivity contribution is 0.0240. The molecule has 1 rings (SSSR count). The molecule has 10 heteroatoms. The van der Waals surface area contributed by atoms with E-state index in [9.17, 15) is 10.2 Å². The van der Waals surface area contributed by atoms with Crippen LogP contribution in [0.4, 0.5) is 0 Å². The number of aromatic nitrogens is 2. The lowest BCUT2D eigenvalue weighted by atomic mass is 10.1. The van der Waals surface area contributed by atoms with Crippen molar-refractivity contribution in [2.24, 2.45) is 5.11 Å². The molecule has 0 aliphatic heterocycles. The monoisotopic (exact) mass is 309 g/mol. The van der Waals surface area contributed by atoms with Crippen molar-refractivity contribution in [2.75, 3.05) is 12.8 Å². The molecule has 0 aromatic carbocycles. The van der Waals surface area contributed by atoms with Crippen molar-refractivity contribution in [1.29, 1.82) is 0 Å². The number of thioether (sulfide) groups is 1. The van der Waals surface area contributed by atoms with Gasteiger partial charge in [-0.05, 0) is 11.8 Å². The molecule has 0 aliphatic rings. The first-order valence-electron chi connectivity index (χ1n) is 4.65. The SMILES string of the molecule is CSc1nc(Cl)c(C(O)C(O)CN=[N+]=[N-])c(Cl)n1. The minimum absolute atomic E-state index is 0.0109. The van der Waals surface area contributed by atoms with Crippen molar-refractivity contribution < 1.29 is 10.2 Å². The van der Waals surface area contributed by atoms with Gasteiger partial charge in [0.05, 0.1) is 18.2 Å². The highest BCUT2D eigenvalue weighted by Crippen LogP contribution is 2.31. The highest BCUT2D eigenvalue weighted by molar-refractivity contribution is 7.98. The molecule has 1 heterocycles. The van der Waals surface area contributed by atoms with Crippen LogP contribution in [0.1, 0.15) is 11.7 Å². The van der Waals surface area contributed by atoms with Crippen LogP contribution in [0.5, 0.6) is 0 Å². The van der Waals surface area contributed by atoms with Crippen molar-refractivity contribution >= 4 is 35.0 Å². The Hall–Kier alpha value is -0.760. The number of aliphatic hydroxyl groups excluding tert-OH is 2. The first-order valence-corrected chi connectivity index (χ1v) is 6.63. The molecule has 0 radical (unpaired) electrons. The highest BCUT2D eigenvalue weighted by Gasteiger charge is 2.25. The van der Waals surface area contributed by atoms with E-state index in [1.165, 1.54) is 11.8 Å². The largest absolute Gasteiger partial charge is 0.390 e. The molecule has 0 spiro atoms. The molecule has 98 valence electrons. The molecule has 0 bridgehead atoms. The average molecular weight is 310 g/mol. The fraction of sp³-hybridized carbons (Fsp3) is 0.500. The summed E-state index contributed by atoms with van der Waals surface area (Å²) in [5.41, 5.74) is 8.14. The maximum Gasteiger partial charge on any atom is 0.190 e. The smallest absolute Gasteiger partial charge is 0.190 e. The van der Waals surface area contributed by atoms with Gasteiger partial charge < -0.3 is 10.2 Å². The summed E-state index contributed by atoms with van der Waals surface area (Å²) in [6.07, 6.45) is -1.01. The quantitative estimate of drug-likeness (QED) is 0.216. The van der Waals surface area contributed by atoms with Gasteiger partial charge in [0.25, 0.3) is 0 Å². The molecule has 18 heavy (non-hydrogen) atoms. The molecule has 0 amide bonds. The van der Waals surface area contributed by atoms with Gasteiger partial charge in [-0.25, -0.2) is 9.97 Å². The second-order valence-corrected chi connectivity index (χ2v) is 4.62. The molecule has 7 nitrogen and oxygen atoms in total. The molecular formula is C8H9Cl2N5O2S. The first-order chi connectivity index (χ1) is 8.51. The van der Waals surface area contributed by atoms with E-state index in [2.05, 4.69) is 20.0 Å². The van der Waals surface area contributed by atoms with Crippen molar-refractivity contribution in [3.8, 4) is 0 Å². The van der Waals surface area contributed by atoms with Crippen LogP contribution < -0.4 is 0 Å². The molecule has 0 aliphatic carbocycles. The second-order valence-electron chi connectivity index (χ2n) is 3.13. The Morgan fingerprint density at radius 2 is 1.94 bits per heavy atom. The summed E-state index contributed by atoms with van der Waals surface area (Å²) in [5.74, 6) is 0. The standard InChI is InChI=1S/C8H9Cl2N5O2S/c1-18-8-13-6(9)4(7(10)14-8)5(17)3(16)2-12-15-11/h3,5,16-17H,2H2,1H3. The Morgan fingerprint density at radius 1 is 1.39 bits per heavy atom. The van der Waals surface area contributed by atoms with Gasteiger partial charge in [-0.1, -0.05) is 40.1 Å². The zero-order chi connectivity index (χ0) is 13.7. The van der Waals surface area contributed by atoms with Crippen LogP contribution in [0, 0.1) is 0 Å². The maximum atomic E-state index is 9.85. The molecule has 2 atom stereocenters. The number of halogens is 2. The van der Waals surface area contributed by atoms with Gasteiger partial charge in [-0.2, -0.15) is 0 Å². The summed E-state index contributed by atoms with van der Waals surface area (Å²) in [6.45, 7) is -0.311. The normalized spacial score (nSPS) is 13.8. The second kappa shape index (κ2) is 6.98. The summed E-state index contributed by atoms with van der Waals surface area (Å²) in [5, 5.41) is 22.8. The van der Waals surface area contributed by atoms with Crippen molar-refractivity contribution in [3.05, 3.63) is 26.3 Å². The van der Waals surface area contributed by atoms with Crippen molar-refractivity contribution in [2.45, 2.75) is 17.4 Å². The van der Waals surface area contributed by atoms with E-state index >= 15 is 0 Å². The van der Waals surface area contributed by atoms with E-state index in [4.69, 9.17) is 28.7 Å². The van der Waals surface area contributed by atoms with Gasteiger partial charge in [0.2, 0.25) is 0 Å². The van der Waals surface area contributed by atoms with Crippen LogP contribution in [0.3, 0.4) is 0 Å². The van der Waals surface area contributed by atoms with Crippen LogP contribution in [-0.2, 0) is 0 Å². The summed E-state index contributed by atoms with van der Waals surface area (Å²) in [6, 6.07) is 0. The molecular weight excluding hydrogens is 301 g/mol. The van der Waals surface area contributed by atoms with E-state index < -0.39 is 12.2 Å². The van der Waals surface area contributed by atoms with E-state index in [0.29, 0.717) is 5.16 Å². The Morgan fingerprint density at radius 3 is 2.39 bits per heavy atom. The summed E-state index contributed by atoms with van der Waals surface area (Å²) < 4.78 is 0. The van der Waals surface area contributed by atoms with E-state index in [-0.39, 0.29) is 22.4 Å². The van der Waals surface area contributed by atoms with Crippen LogP contribution in [-0.4, -0.2) is 39.1 Å². The van der Waals surface area contributed by atoms with Gasteiger partial charge in [-0.15, -0.1) is 0 Å². The predicted octanol–water partition coefficient (Wildman–Crippen LogP) is 2.21. The number of nitrogens with zero attached hydrogens (tertiary/aromatic N) is 5. The Balaban J connectivity index is 3.05. The zero-order valence-electron chi connectivity index (χ0n) is 9.16. The van der Waals surface area contributed by atoms with Gasteiger partial charge in [0, 0.05) is 4.91 Å². The molecule has 0 saturated heterocycles. The topological polar surface area (TPSA) is 115 Å². The third kappa shape index (κ3) is 3.61. The highest BCUT2D eigenvalue weighted by atomic mass is 35.5. The summed E-state index contributed by atoms with van der Waals surface area (Å²) in [4.78, 5) is 10.3. The lowest BCUT2D eigenvalue weighted by Crippen LogP contribution is -2.22. The third-order valence-corrected chi connectivity index (χ3v) is 3.13. The Labute approximate surface area is 117 Å². The number of hydrogen-bond acceptors (Lipinski definition) is 6. The number of rotatable bonds is 5. The molecule has 0 fully saturated rings. The Bertz CT molecular complexity index is 460. The minimum Gasteiger partial charge on any atom is -0.390 e. The van der Waals surface area contributed by atoms with Crippen molar-refractivity contribution in [3.63, 3.8) is 0 Å². The fourth-order valence-electron chi connectivity index (χ4n) is 1.15. The lowest BCUT2D eigenvalue weighted by Gasteiger charge is -2.18. The molecule has 0 saturated carbocycles. The van der Waals surface area contributed by atoms with Crippen molar-refractivity contribution in [1.82, 2.24) is 9.97 Å². The molecule has 2 unspecified atom stereocenters. The molecule has 1 aromatic heterocycles. The van der Waals surface area contributed by atoms with Crippen LogP contribution in [0.15, 0.2) is 10.3 Å². The Kier molecular flexibility index (Phi) is 5.94. The fourth-order valence-corrected chi connectivity index (χ4v) is 2.22. The van der Waals surface area contributed by atoms with Crippen LogP contribution in [0.2, 0.25) is 10.3 Å². The van der Waals surface area contributed by atoms with Gasteiger partial charge >= 0.3 is 0 Å². The van der Waals surface area contributed by atoms with Gasteiger partial charge in [-0.3, -0.25) is 0 Å². The maximum absolute atomic E-state index is 9.85. The average Bonchev–Trinajstić information content (AvgIpc) is 2.34.